The average molecular weight is 410 g/mol. The van der Waals surface area contributed by atoms with Crippen LogP contribution in [-0.2, 0) is 10.0 Å². The van der Waals surface area contributed by atoms with Crippen molar-refractivity contribution in [2.45, 2.75) is 24.8 Å². The summed E-state index contributed by atoms with van der Waals surface area (Å²) in [4.78, 5) is 14.6. The summed E-state index contributed by atoms with van der Waals surface area (Å²) in [6.07, 6.45) is 0. The molecular weight excluding hydrogens is 386 g/mol. The summed E-state index contributed by atoms with van der Waals surface area (Å²) in [7, 11) is 1.55. The lowest BCUT2D eigenvalue weighted by Gasteiger charge is -2.21. The third-order valence-corrected chi connectivity index (χ3v) is 6.45. The fraction of sp³-hybridized carbons (Fsp3) is 0.316. The van der Waals surface area contributed by atoms with Gasteiger partial charge in [0.15, 0.2) is 0 Å². The van der Waals surface area contributed by atoms with Gasteiger partial charge in [-0.05, 0) is 50.2 Å². The number of amides is 1. The minimum atomic E-state index is -3.67. The molecule has 6 nitrogen and oxygen atoms in total. The zero-order chi connectivity index (χ0) is 20.4. The van der Waals surface area contributed by atoms with Crippen LogP contribution in [0.5, 0.6) is 0 Å². The van der Waals surface area contributed by atoms with Gasteiger partial charge >= 0.3 is 0 Å². The molecule has 0 aromatic heterocycles. The second-order valence-electron chi connectivity index (χ2n) is 6.65. The zero-order valence-electron chi connectivity index (χ0n) is 16.0. The molecule has 0 radical (unpaired) electrons. The van der Waals surface area contributed by atoms with Crippen molar-refractivity contribution in [2.24, 2.45) is 0 Å². The fourth-order valence-electron chi connectivity index (χ4n) is 2.43. The molecule has 8 heteroatoms. The van der Waals surface area contributed by atoms with Crippen molar-refractivity contribution < 1.29 is 13.2 Å². The maximum absolute atomic E-state index is 12.7. The van der Waals surface area contributed by atoms with Crippen LogP contribution in [0.15, 0.2) is 47.4 Å². The molecule has 2 aromatic rings. The molecule has 2 aromatic carbocycles. The number of rotatable bonds is 6. The van der Waals surface area contributed by atoms with E-state index in [0.717, 1.165) is 5.69 Å². The molecule has 0 spiro atoms. The van der Waals surface area contributed by atoms with Crippen molar-refractivity contribution in [3.05, 3.63) is 53.1 Å². The summed E-state index contributed by atoms with van der Waals surface area (Å²) >= 11 is 6.05. The lowest BCUT2D eigenvalue weighted by Crippen LogP contribution is -2.33. The first-order valence-electron chi connectivity index (χ1n) is 8.40. The van der Waals surface area contributed by atoms with E-state index in [4.69, 9.17) is 11.6 Å². The molecule has 0 atom stereocenters. The van der Waals surface area contributed by atoms with Crippen LogP contribution in [-0.4, -0.2) is 45.8 Å². The predicted molar refractivity (Wildman–Crippen MR) is 110 cm³/mol. The minimum absolute atomic E-state index is 0.0743. The van der Waals surface area contributed by atoms with Crippen LogP contribution in [0, 0.1) is 0 Å². The monoisotopic (exact) mass is 409 g/mol. The van der Waals surface area contributed by atoms with E-state index in [0.29, 0.717) is 10.7 Å². The van der Waals surface area contributed by atoms with Crippen LogP contribution in [0.4, 0.5) is 11.4 Å². The number of carbonyl (C=O) groups is 1. The number of sulfonamides is 1. The second-order valence-corrected chi connectivity index (χ2v) is 9.09. The molecule has 27 heavy (non-hydrogen) atoms. The summed E-state index contributed by atoms with van der Waals surface area (Å²) < 4.78 is 26.6. The molecule has 2 rings (SSSR count). The molecule has 0 saturated carbocycles. The summed E-state index contributed by atoms with van der Waals surface area (Å²) in [5, 5.41) is 3.30. The van der Waals surface area contributed by atoms with E-state index in [2.05, 4.69) is 5.32 Å². The van der Waals surface area contributed by atoms with Gasteiger partial charge in [-0.1, -0.05) is 17.7 Å². The highest BCUT2D eigenvalue weighted by molar-refractivity contribution is 7.89. The van der Waals surface area contributed by atoms with E-state index in [1.165, 1.54) is 23.5 Å². The summed E-state index contributed by atoms with van der Waals surface area (Å²) in [5.74, 6) is -0.412. The fourth-order valence-corrected chi connectivity index (χ4v) is 4.02. The Hall–Kier alpha value is -2.09. The standard InChI is InChI=1S/C19H24ClN3O3S/c1-13(2)23(5)27(25,26)16-8-6-7-14(11-16)19(24)21-17-12-15(20)9-10-18(17)22(3)4/h6-13H,1-5H3,(H,21,24). The third kappa shape index (κ3) is 4.80. The van der Waals surface area contributed by atoms with Gasteiger partial charge in [-0.2, -0.15) is 4.31 Å². The number of hydrogen-bond donors (Lipinski definition) is 1. The molecule has 0 bridgehead atoms. The number of nitrogens with one attached hydrogen (secondary N) is 1. The van der Waals surface area contributed by atoms with Crippen LogP contribution in [0.2, 0.25) is 5.02 Å². The van der Waals surface area contributed by atoms with Gasteiger partial charge in [0.1, 0.15) is 0 Å². The first-order chi connectivity index (χ1) is 12.5. The van der Waals surface area contributed by atoms with Gasteiger partial charge in [0.25, 0.3) is 5.91 Å². The summed E-state index contributed by atoms with van der Waals surface area (Å²) in [6.45, 7) is 3.58. The van der Waals surface area contributed by atoms with Crippen LogP contribution < -0.4 is 10.2 Å². The highest BCUT2D eigenvalue weighted by Crippen LogP contribution is 2.28. The van der Waals surface area contributed by atoms with E-state index in [-0.39, 0.29) is 16.5 Å². The first-order valence-corrected chi connectivity index (χ1v) is 10.2. The number of nitrogens with zero attached hydrogens (tertiary/aromatic N) is 2. The SMILES string of the molecule is CC(C)N(C)S(=O)(=O)c1cccc(C(=O)Nc2cc(Cl)ccc2N(C)C)c1. The van der Waals surface area contributed by atoms with Gasteiger partial charge in [0.05, 0.1) is 16.3 Å². The number of benzene rings is 2. The Kier molecular flexibility index (Phi) is 6.51. The summed E-state index contributed by atoms with van der Waals surface area (Å²) in [6, 6.07) is 11.0. The Morgan fingerprint density at radius 1 is 1.07 bits per heavy atom. The van der Waals surface area contributed by atoms with Crippen molar-refractivity contribution in [2.75, 3.05) is 31.4 Å². The number of hydrogen-bond acceptors (Lipinski definition) is 4. The molecular formula is C19H24ClN3O3S. The van der Waals surface area contributed by atoms with Gasteiger partial charge in [0, 0.05) is 37.8 Å². The van der Waals surface area contributed by atoms with Crippen molar-refractivity contribution >= 4 is 38.9 Å². The number of carbonyl (C=O) groups excluding carboxylic acids is 1. The quantitative estimate of drug-likeness (QED) is 0.789. The second kappa shape index (κ2) is 8.29. The van der Waals surface area contributed by atoms with Crippen LogP contribution in [0.1, 0.15) is 24.2 Å². The lowest BCUT2D eigenvalue weighted by molar-refractivity contribution is 0.102. The average Bonchev–Trinajstić information content (AvgIpc) is 2.60. The Labute approximate surface area is 165 Å². The van der Waals surface area contributed by atoms with E-state index in [9.17, 15) is 13.2 Å². The predicted octanol–water partition coefficient (Wildman–Crippen LogP) is 3.69. The molecule has 0 saturated heterocycles. The van der Waals surface area contributed by atoms with Crippen LogP contribution in [0.3, 0.4) is 0 Å². The minimum Gasteiger partial charge on any atom is -0.376 e. The number of halogens is 1. The van der Waals surface area contributed by atoms with Crippen molar-refractivity contribution in [1.82, 2.24) is 4.31 Å². The van der Waals surface area contributed by atoms with E-state index >= 15 is 0 Å². The van der Waals surface area contributed by atoms with E-state index < -0.39 is 15.9 Å². The Morgan fingerprint density at radius 2 is 1.74 bits per heavy atom. The Morgan fingerprint density at radius 3 is 2.33 bits per heavy atom. The molecule has 0 aliphatic carbocycles. The van der Waals surface area contributed by atoms with E-state index in [1.54, 1.807) is 44.2 Å². The van der Waals surface area contributed by atoms with Crippen molar-refractivity contribution in [3.63, 3.8) is 0 Å². The van der Waals surface area contributed by atoms with Gasteiger partial charge in [-0.25, -0.2) is 8.42 Å². The molecule has 0 heterocycles. The first kappa shape index (κ1) is 21.2. The Balaban J connectivity index is 2.36. The van der Waals surface area contributed by atoms with Crippen molar-refractivity contribution in [1.29, 1.82) is 0 Å². The molecule has 0 aliphatic rings. The zero-order valence-corrected chi connectivity index (χ0v) is 17.6. The van der Waals surface area contributed by atoms with Gasteiger partial charge in [0.2, 0.25) is 10.0 Å². The Bertz CT molecular complexity index is 943. The van der Waals surface area contributed by atoms with Crippen molar-refractivity contribution in [3.8, 4) is 0 Å². The molecule has 1 N–H and O–H groups in total. The summed E-state index contributed by atoms with van der Waals surface area (Å²) in [5.41, 5.74) is 1.58. The molecule has 146 valence electrons. The smallest absolute Gasteiger partial charge is 0.255 e. The third-order valence-electron chi connectivity index (χ3n) is 4.19. The largest absolute Gasteiger partial charge is 0.376 e. The molecule has 0 aliphatic heterocycles. The maximum Gasteiger partial charge on any atom is 0.255 e. The number of anilines is 2. The van der Waals surface area contributed by atoms with Crippen LogP contribution in [0.25, 0.3) is 0 Å². The van der Waals surface area contributed by atoms with Gasteiger partial charge in [-0.3, -0.25) is 4.79 Å². The molecule has 1 amide bonds. The highest BCUT2D eigenvalue weighted by atomic mass is 35.5. The maximum atomic E-state index is 12.7. The van der Waals surface area contributed by atoms with E-state index in [1.807, 2.05) is 19.0 Å². The molecule has 0 unspecified atom stereocenters. The normalized spacial score (nSPS) is 11.7. The topological polar surface area (TPSA) is 69.7 Å². The lowest BCUT2D eigenvalue weighted by atomic mass is 10.2. The molecule has 0 fully saturated rings. The van der Waals surface area contributed by atoms with Gasteiger partial charge < -0.3 is 10.2 Å². The van der Waals surface area contributed by atoms with Gasteiger partial charge in [-0.15, -0.1) is 0 Å². The highest BCUT2D eigenvalue weighted by Gasteiger charge is 2.24. The van der Waals surface area contributed by atoms with Crippen LogP contribution >= 0.6 is 11.6 Å².